The fourth-order valence-corrected chi connectivity index (χ4v) is 2.56. The van der Waals surface area contributed by atoms with E-state index < -0.39 is 11.9 Å². The van der Waals surface area contributed by atoms with Crippen molar-refractivity contribution in [1.29, 1.82) is 0 Å². The van der Waals surface area contributed by atoms with E-state index in [4.69, 9.17) is 4.74 Å². The van der Waals surface area contributed by atoms with Gasteiger partial charge in [-0.1, -0.05) is 30.3 Å². The van der Waals surface area contributed by atoms with E-state index in [-0.39, 0.29) is 0 Å². The predicted molar refractivity (Wildman–Crippen MR) is 94.3 cm³/mol. The molecule has 3 rings (SSSR count). The van der Waals surface area contributed by atoms with Crippen LogP contribution in [0.15, 0.2) is 48.6 Å². The number of nitrogens with zero attached hydrogens (tertiary/aromatic N) is 2. The fourth-order valence-electron chi connectivity index (χ4n) is 2.56. The highest BCUT2D eigenvalue weighted by atomic mass is 16.5. The molecule has 1 saturated heterocycles. The highest BCUT2D eigenvalue weighted by Crippen LogP contribution is 2.20. The van der Waals surface area contributed by atoms with Crippen molar-refractivity contribution in [2.45, 2.75) is 12.8 Å². The van der Waals surface area contributed by atoms with Gasteiger partial charge in [-0.3, -0.25) is 10.00 Å². The number of nitrogens with one attached hydrogen (secondary N) is 1. The molecule has 1 fully saturated rings. The van der Waals surface area contributed by atoms with E-state index in [1.54, 1.807) is 0 Å². The van der Waals surface area contributed by atoms with Gasteiger partial charge in [0.25, 0.3) is 0 Å². The highest BCUT2D eigenvalue weighted by molar-refractivity contribution is 5.87. The standard InChI is InChI=1S/C15H19N3O.C4H4O4/c1-2-6-13(7-3-1)14-12-15(17-16-14)19-11-10-18-8-4-5-9-18;5-3(6)1-2-4(7)8/h1-3,6-7,12H,4-5,8-11H2,(H,16,17);1-2H,(H,5,6)(H,7,8)/p-2/b;2-1-. The number of carboxylic acids is 2. The molecule has 0 atom stereocenters. The lowest BCUT2D eigenvalue weighted by molar-refractivity contribution is -0.301. The van der Waals surface area contributed by atoms with Crippen LogP contribution in [-0.2, 0) is 9.59 Å². The summed E-state index contributed by atoms with van der Waals surface area (Å²) in [5.41, 5.74) is 2.13. The van der Waals surface area contributed by atoms with Crippen LogP contribution < -0.4 is 14.9 Å². The van der Waals surface area contributed by atoms with Gasteiger partial charge >= 0.3 is 0 Å². The zero-order valence-corrected chi connectivity index (χ0v) is 14.8. The number of likely N-dealkylation sites (tertiary alicyclic amines) is 1. The number of aromatic amines is 1. The molecule has 0 unspecified atom stereocenters. The van der Waals surface area contributed by atoms with Crippen LogP contribution in [0, 0.1) is 0 Å². The Bertz CT molecular complexity index is 736. The van der Waals surface area contributed by atoms with Crippen molar-refractivity contribution in [1.82, 2.24) is 15.1 Å². The molecule has 0 amide bonds. The number of benzene rings is 1. The Morgan fingerprint density at radius 2 is 1.74 bits per heavy atom. The SMILES string of the molecule is O=C([O-])/C=C\C(=O)[O-].c1ccc(-c2cc(OCCN3CCCC3)n[nH]2)cc1. The smallest absolute Gasteiger partial charge is 0.233 e. The second-order valence-electron chi connectivity index (χ2n) is 5.85. The van der Waals surface area contributed by atoms with Gasteiger partial charge in [-0.2, -0.15) is 0 Å². The molecule has 0 aliphatic carbocycles. The predicted octanol–water partition coefficient (Wildman–Crippen LogP) is -0.406. The Morgan fingerprint density at radius 1 is 1.11 bits per heavy atom. The number of hydrogen-bond acceptors (Lipinski definition) is 7. The van der Waals surface area contributed by atoms with Crippen molar-refractivity contribution in [3.8, 4) is 17.1 Å². The zero-order valence-electron chi connectivity index (χ0n) is 14.8. The number of carbonyl (C=O) groups excluding carboxylic acids is 2. The van der Waals surface area contributed by atoms with E-state index in [2.05, 4.69) is 27.2 Å². The molecule has 1 aliphatic rings. The van der Waals surface area contributed by atoms with E-state index in [9.17, 15) is 19.8 Å². The number of carboxylic acid groups (broad SMARTS) is 2. The summed E-state index contributed by atoms with van der Waals surface area (Å²) < 4.78 is 5.69. The first kappa shape index (κ1) is 20.2. The summed E-state index contributed by atoms with van der Waals surface area (Å²) in [7, 11) is 0. The van der Waals surface area contributed by atoms with E-state index >= 15 is 0 Å². The molecule has 1 aromatic carbocycles. The van der Waals surface area contributed by atoms with Gasteiger partial charge in [0.05, 0.1) is 17.6 Å². The van der Waals surface area contributed by atoms with Crippen LogP contribution in [-0.4, -0.2) is 53.3 Å². The fraction of sp³-hybridized carbons (Fsp3) is 0.316. The Kier molecular flexibility index (Phi) is 8.05. The molecule has 0 bridgehead atoms. The first-order chi connectivity index (χ1) is 13.0. The molecule has 1 aliphatic heterocycles. The van der Waals surface area contributed by atoms with Gasteiger partial charge in [-0.25, -0.2) is 0 Å². The average Bonchev–Trinajstić information content (AvgIpc) is 3.33. The zero-order chi connectivity index (χ0) is 19.5. The van der Waals surface area contributed by atoms with Gasteiger partial charge in [0.1, 0.15) is 6.61 Å². The highest BCUT2D eigenvalue weighted by Gasteiger charge is 2.11. The topological polar surface area (TPSA) is 121 Å². The number of ether oxygens (including phenoxy) is 1. The second kappa shape index (κ2) is 10.8. The van der Waals surface area contributed by atoms with Gasteiger partial charge in [0, 0.05) is 12.6 Å². The molecule has 1 aromatic heterocycles. The molecule has 1 N–H and O–H groups in total. The largest absolute Gasteiger partial charge is 0.545 e. The maximum atomic E-state index is 9.41. The summed E-state index contributed by atoms with van der Waals surface area (Å²) in [6.45, 7) is 4.12. The molecule has 0 saturated carbocycles. The van der Waals surface area contributed by atoms with Crippen LogP contribution in [0.4, 0.5) is 0 Å². The minimum absolute atomic E-state index is 0.384. The third-order valence-electron chi connectivity index (χ3n) is 3.85. The molecule has 8 nitrogen and oxygen atoms in total. The van der Waals surface area contributed by atoms with Gasteiger partial charge in [-0.05, 0) is 43.6 Å². The summed E-state index contributed by atoms with van der Waals surface area (Å²) in [6.07, 6.45) is 3.41. The van der Waals surface area contributed by atoms with Crippen LogP contribution >= 0.6 is 0 Å². The van der Waals surface area contributed by atoms with Crippen molar-refractivity contribution in [2.24, 2.45) is 0 Å². The molecule has 144 valence electrons. The molecule has 2 aromatic rings. The summed E-state index contributed by atoms with van der Waals surface area (Å²) >= 11 is 0. The van der Waals surface area contributed by atoms with Crippen LogP contribution in [0.3, 0.4) is 0 Å². The third kappa shape index (κ3) is 7.74. The number of carbonyl (C=O) groups is 2. The van der Waals surface area contributed by atoms with Crippen LogP contribution in [0.2, 0.25) is 0 Å². The number of hydrogen-bond donors (Lipinski definition) is 1. The van der Waals surface area contributed by atoms with Crippen LogP contribution in [0.5, 0.6) is 5.88 Å². The average molecular weight is 371 g/mol. The monoisotopic (exact) mass is 371 g/mol. The Hall–Kier alpha value is -3.13. The van der Waals surface area contributed by atoms with E-state index in [1.807, 2.05) is 24.3 Å². The minimum atomic E-state index is -1.55. The second-order valence-corrected chi connectivity index (χ2v) is 5.85. The molecular weight excluding hydrogens is 350 g/mol. The van der Waals surface area contributed by atoms with Crippen molar-refractivity contribution >= 4 is 11.9 Å². The first-order valence-corrected chi connectivity index (χ1v) is 8.60. The van der Waals surface area contributed by atoms with Crippen LogP contribution in [0.1, 0.15) is 12.8 Å². The molecular formula is C19H21N3O5-2. The number of aliphatic carboxylic acids is 2. The van der Waals surface area contributed by atoms with E-state index in [1.165, 1.54) is 25.9 Å². The van der Waals surface area contributed by atoms with Crippen molar-refractivity contribution < 1.29 is 24.5 Å². The molecule has 27 heavy (non-hydrogen) atoms. The van der Waals surface area contributed by atoms with Gasteiger partial charge in [0.2, 0.25) is 5.88 Å². The van der Waals surface area contributed by atoms with Gasteiger partial charge in [0.15, 0.2) is 0 Å². The Labute approximate surface area is 157 Å². The lowest BCUT2D eigenvalue weighted by atomic mass is 10.2. The minimum Gasteiger partial charge on any atom is -0.545 e. The quantitative estimate of drug-likeness (QED) is 0.657. The maximum Gasteiger partial charge on any atom is 0.233 e. The van der Waals surface area contributed by atoms with Crippen LogP contribution in [0.25, 0.3) is 11.3 Å². The molecule has 0 radical (unpaired) electrons. The number of H-pyrrole nitrogens is 1. The van der Waals surface area contributed by atoms with Gasteiger partial charge in [-0.15, -0.1) is 5.10 Å². The van der Waals surface area contributed by atoms with Crippen molar-refractivity contribution in [2.75, 3.05) is 26.2 Å². The van der Waals surface area contributed by atoms with Crippen molar-refractivity contribution in [3.63, 3.8) is 0 Å². The third-order valence-corrected chi connectivity index (χ3v) is 3.85. The lowest BCUT2D eigenvalue weighted by Gasteiger charge is -2.13. The van der Waals surface area contributed by atoms with E-state index in [0.717, 1.165) is 17.8 Å². The van der Waals surface area contributed by atoms with E-state index in [0.29, 0.717) is 24.6 Å². The first-order valence-electron chi connectivity index (χ1n) is 8.60. The summed E-state index contributed by atoms with van der Waals surface area (Å²) in [4.78, 5) is 21.3. The maximum absolute atomic E-state index is 9.41. The number of aromatic nitrogens is 2. The van der Waals surface area contributed by atoms with Crippen molar-refractivity contribution in [3.05, 3.63) is 48.6 Å². The lowest BCUT2D eigenvalue weighted by Crippen LogP contribution is -2.25. The molecule has 2 heterocycles. The summed E-state index contributed by atoms with van der Waals surface area (Å²) in [5.74, 6) is -2.42. The molecule has 8 heteroatoms. The van der Waals surface area contributed by atoms with Gasteiger partial charge < -0.3 is 24.5 Å². The normalized spacial score (nSPS) is 13.9. The molecule has 0 spiro atoms. The Morgan fingerprint density at radius 3 is 2.33 bits per heavy atom. The number of rotatable bonds is 7. The summed E-state index contributed by atoms with van der Waals surface area (Å²) in [6, 6.07) is 12.1. The Balaban J connectivity index is 0.000000279. The summed E-state index contributed by atoms with van der Waals surface area (Å²) in [5, 5.41) is 26.0.